The van der Waals surface area contributed by atoms with E-state index in [2.05, 4.69) is 4.72 Å². The summed E-state index contributed by atoms with van der Waals surface area (Å²) in [6.07, 6.45) is 0. The maximum Gasteiger partial charge on any atom is 0.262 e. The molecular formula is C15H17NO4S. The van der Waals surface area contributed by atoms with Crippen LogP contribution < -0.4 is 9.46 Å². The number of benzene rings is 2. The monoisotopic (exact) mass is 307 g/mol. The Balaban J connectivity index is 2.34. The summed E-state index contributed by atoms with van der Waals surface area (Å²) in [6, 6.07) is 11.3. The Kier molecular flexibility index (Phi) is 4.50. The maximum absolute atomic E-state index is 12.4. The molecule has 0 radical (unpaired) electrons. The molecule has 0 heterocycles. The first kappa shape index (κ1) is 15.3. The van der Waals surface area contributed by atoms with Crippen molar-refractivity contribution in [1.29, 1.82) is 0 Å². The summed E-state index contributed by atoms with van der Waals surface area (Å²) in [7, 11) is -2.21. The van der Waals surface area contributed by atoms with E-state index in [1.165, 1.54) is 19.2 Å². The van der Waals surface area contributed by atoms with Gasteiger partial charge in [-0.3, -0.25) is 4.72 Å². The Labute approximate surface area is 124 Å². The fraction of sp³-hybridized carbons (Fsp3) is 0.200. The minimum atomic E-state index is -3.70. The maximum atomic E-state index is 12.4. The van der Waals surface area contributed by atoms with Gasteiger partial charge in [0.05, 0.1) is 24.3 Å². The molecule has 6 heteroatoms. The van der Waals surface area contributed by atoms with Crippen molar-refractivity contribution >= 4 is 15.7 Å². The van der Waals surface area contributed by atoms with E-state index < -0.39 is 10.0 Å². The highest BCUT2D eigenvalue weighted by atomic mass is 32.2. The smallest absolute Gasteiger partial charge is 0.262 e. The predicted molar refractivity (Wildman–Crippen MR) is 80.9 cm³/mol. The molecule has 21 heavy (non-hydrogen) atoms. The highest BCUT2D eigenvalue weighted by Crippen LogP contribution is 2.27. The Bertz CT molecular complexity index is 724. The van der Waals surface area contributed by atoms with Crippen LogP contribution in [0, 0.1) is 6.92 Å². The van der Waals surface area contributed by atoms with E-state index in [0.29, 0.717) is 17.0 Å². The van der Waals surface area contributed by atoms with Crippen molar-refractivity contribution in [3.05, 3.63) is 53.6 Å². The molecule has 2 aromatic rings. The number of aliphatic hydroxyl groups excluding tert-OH is 1. The third kappa shape index (κ3) is 3.53. The molecule has 0 saturated heterocycles. The standard InChI is InChI=1S/C15H17NO4S/c1-11-3-8-15(20-2)14(9-11)16-21(18,19)13-6-4-12(10-17)5-7-13/h3-9,16-17H,10H2,1-2H3. The van der Waals surface area contributed by atoms with Gasteiger partial charge in [0.1, 0.15) is 5.75 Å². The summed E-state index contributed by atoms with van der Waals surface area (Å²) in [6.45, 7) is 1.74. The van der Waals surface area contributed by atoms with E-state index in [-0.39, 0.29) is 11.5 Å². The van der Waals surface area contributed by atoms with Crippen LogP contribution in [0.4, 0.5) is 5.69 Å². The normalized spacial score (nSPS) is 11.2. The summed E-state index contributed by atoms with van der Waals surface area (Å²) < 4.78 is 32.4. The van der Waals surface area contributed by atoms with Crippen molar-refractivity contribution in [2.75, 3.05) is 11.8 Å². The topological polar surface area (TPSA) is 75.6 Å². The van der Waals surface area contributed by atoms with E-state index in [0.717, 1.165) is 5.56 Å². The Morgan fingerprint density at radius 3 is 2.38 bits per heavy atom. The zero-order valence-corrected chi connectivity index (χ0v) is 12.6. The number of aryl methyl sites for hydroxylation is 1. The number of ether oxygens (including phenoxy) is 1. The minimum Gasteiger partial charge on any atom is -0.495 e. The van der Waals surface area contributed by atoms with Gasteiger partial charge in [-0.1, -0.05) is 18.2 Å². The lowest BCUT2D eigenvalue weighted by Crippen LogP contribution is -2.13. The third-order valence-corrected chi connectivity index (χ3v) is 4.40. The zero-order chi connectivity index (χ0) is 15.5. The second kappa shape index (κ2) is 6.15. The molecule has 0 aliphatic rings. The van der Waals surface area contributed by atoms with Gasteiger partial charge in [0.25, 0.3) is 10.0 Å². The van der Waals surface area contributed by atoms with Crippen LogP contribution in [0.15, 0.2) is 47.4 Å². The number of sulfonamides is 1. The fourth-order valence-electron chi connectivity index (χ4n) is 1.88. The molecule has 112 valence electrons. The molecule has 0 fully saturated rings. The van der Waals surface area contributed by atoms with E-state index in [1.807, 2.05) is 13.0 Å². The molecule has 0 aliphatic carbocycles. The first-order valence-electron chi connectivity index (χ1n) is 6.33. The molecular weight excluding hydrogens is 290 g/mol. The molecule has 0 bridgehead atoms. The molecule has 2 rings (SSSR count). The largest absolute Gasteiger partial charge is 0.495 e. The van der Waals surface area contributed by atoms with Crippen LogP contribution in [-0.2, 0) is 16.6 Å². The molecule has 0 amide bonds. The molecule has 0 atom stereocenters. The second-order valence-corrected chi connectivity index (χ2v) is 6.29. The lowest BCUT2D eigenvalue weighted by Gasteiger charge is -2.12. The van der Waals surface area contributed by atoms with Crippen molar-refractivity contribution in [1.82, 2.24) is 0 Å². The average molecular weight is 307 g/mol. The number of anilines is 1. The van der Waals surface area contributed by atoms with Crippen LogP contribution in [0.2, 0.25) is 0 Å². The summed E-state index contributed by atoms with van der Waals surface area (Å²) in [4.78, 5) is 0.128. The third-order valence-electron chi connectivity index (χ3n) is 3.02. The number of hydrogen-bond donors (Lipinski definition) is 2. The molecule has 2 aromatic carbocycles. The van der Waals surface area contributed by atoms with Crippen molar-refractivity contribution in [3.8, 4) is 5.75 Å². The highest BCUT2D eigenvalue weighted by Gasteiger charge is 2.16. The average Bonchev–Trinajstić information content (AvgIpc) is 2.47. The fourth-order valence-corrected chi connectivity index (χ4v) is 2.94. The van der Waals surface area contributed by atoms with Crippen LogP contribution in [0.25, 0.3) is 0 Å². The molecule has 0 spiro atoms. The quantitative estimate of drug-likeness (QED) is 0.888. The van der Waals surface area contributed by atoms with Crippen LogP contribution in [0.1, 0.15) is 11.1 Å². The number of aliphatic hydroxyl groups is 1. The highest BCUT2D eigenvalue weighted by molar-refractivity contribution is 7.92. The van der Waals surface area contributed by atoms with Gasteiger partial charge in [-0.2, -0.15) is 0 Å². The van der Waals surface area contributed by atoms with Crippen molar-refractivity contribution in [3.63, 3.8) is 0 Å². The van der Waals surface area contributed by atoms with E-state index in [9.17, 15) is 8.42 Å². The van der Waals surface area contributed by atoms with Gasteiger partial charge in [0, 0.05) is 0 Å². The van der Waals surface area contributed by atoms with Gasteiger partial charge >= 0.3 is 0 Å². The van der Waals surface area contributed by atoms with Gasteiger partial charge in [-0.15, -0.1) is 0 Å². The minimum absolute atomic E-state index is 0.126. The lowest BCUT2D eigenvalue weighted by molar-refractivity contribution is 0.282. The number of hydrogen-bond acceptors (Lipinski definition) is 4. The molecule has 0 aliphatic heterocycles. The van der Waals surface area contributed by atoms with Gasteiger partial charge < -0.3 is 9.84 Å². The number of rotatable bonds is 5. The SMILES string of the molecule is COc1ccc(C)cc1NS(=O)(=O)c1ccc(CO)cc1. The van der Waals surface area contributed by atoms with Gasteiger partial charge in [0.15, 0.2) is 0 Å². The molecule has 5 nitrogen and oxygen atoms in total. The summed E-state index contributed by atoms with van der Waals surface area (Å²) in [5.41, 5.74) is 1.97. The first-order valence-corrected chi connectivity index (χ1v) is 7.82. The van der Waals surface area contributed by atoms with E-state index in [1.54, 1.807) is 24.3 Å². The lowest BCUT2D eigenvalue weighted by atomic mass is 10.2. The number of nitrogens with one attached hydrogen (secondary N) is 1. The summed E-state index contributed by atoms with van der Waals surface area (Å²) >= 11 is 0. The molecule has 0 unspecified atom stereocenters. The Hall–Kier alpha value is -2.05. The van der Waals surface area contributed by atoms with Crippen LogP contribution in [-0.4, -0.2) is 20.6 Å². The summed E-state index contributed by atoms with van der Waals surface area (Å²) in [5.74, 6) is 0.455. The summed E-state index contributed by atoms with van der Waals surface area (Å²) in [5, 5.41) is 8.98. The van der Waals surface area contributed by atoms with Gasteiger partial charge in [0.2, 0.25) is 0 Å². The van der Waals surface area contributed by atoms with Gasteiger partial charge in [-0.05, 0) is 42.3 Å². The Morgan fingerprint density at radius 1 is 1.14 bits per heavy atom. The first-order chi connectivity index (χ1) is 9.96. The molecule has 0 aromatic heterocycles. The van der Waals surface area contributed by atoms with E-state index >= 15 is 0 Å². The molecule has 2 N–H and O–H groups in total. The van der Waals surface area contributed by atoms with E-state index in [4.69, 9.17) is 9.84 Å². The van der Waals surface area contributed by atoms with Crippen LogP contribution >= 0.6 is 0 Å². The van der Waals surface area contributed by atoms with Crippen molar-refractivity contribution in [2.45, 2.75) is 18.4 Å². The predicted octanol–water partition coefficient (Wildman–Crippen LogP) is 2.30. The van der Waals surface area contributed by atoms with Crippen LogP contribution in [0.3, 0.4) is 0 Å². The zero-order valence-electron chi connectivity index (χ0n) is 11.8. The van der Waals surface area contributed by atoms with Crippen molar-refractivity contribution in [2.24, 2.45) is 0 Å². The second-order valence-electron chi connectivity index (χ2n) is 4.61. The van der Waals surface area contributed by atoms with Gasteiger partial charge in [-0.25, -0.2) is 8.42 Å². The van der Waals surface area contributed by atoms with Crippen molar-refractivity contribution < 1.29 is 18.3 Å². The number of methoxy groups -OCH3 is 1. The van der Waals surface area contributed by atoms with Crippen LogP contribution in [0.5, 0.6) is 5.75 Å². The molecule has 0 saturated carbocycles. The Morgan fingerprint density at radius 2 is 1.81 bits per heavy atom.